The first-order valence-corrected chi connectivity index (χ1v) is 11.0. The van der Waals surface area contributed by atoms with Crippen LogP contribution < -0.4 is 0 Å². The van der Waals surface area contributed by atoms with E-state index in [1.165, 1.54) is 18.4 Å². The van der Waals surface area contributed by atoms with Crippen LogP contribution in [0.3, 0.4) is 0 Å². The van der Waals surface area contributed by atoms with Gasteiger partial charge in [0.2, 0.25) is 0 Å². The Morgan fingerprint density at radius 1 is 1.10 bits per heavy atom. The standard InChI is InChI=1S/C23H25ClN6/c1-16-19(22(24)30(28-16)18-7-3-2-4-8-18)15-29-12-10-20-17(14-29)13-26-23(27-20)21-9-5-6-11-25-21/h2-4,7-8,13H,5-6,9-12,14-15H2,1H3. The fourth-order valence-corrected chi connectivity index (χ4v) is 4.54. The van der Waals surface area contributed by atoms with Gasteiger partial charge in [-0.25, -0.2) is 14.6 Å². The highest BCUT2D eigenvalue weighted by Gasteiger charge is 2.23. The zero-order chi connectivity index (χ0) is 20.5. The van der Waals surface area contributed by atoms with Crippen molar-refractivity contribution in [3.8, 4) is 5.69 Å². The molecule has 0 aliphatic carbocycles. The van der Waals surface area contributed by atoms with Crippen LogP contribution in [0, 0.1) is 6.92 Å². The van der Waals surface area contributed by atoms with E-state index < -0.39 is 0 Å². The van der Waals surface area contributed by atoms with Crippen molar-refractivity contribution < 1.29 is 0 Å². The maximum Gasteiger partial charge on any atom is 0.173 e. The van der Waals surface area contributed by atoms with Crippen LogP contribution in [-0.4, -0.2) is 43.4 Å². The Hall–Kier alpha value is -2.57. The van der Waals surface area contributed by atoms with Crippen molar-refractivity contribution in [2.24, 2.45) is 4.99 Å². The average molecular weight is 421 g/mol. The largest absolute Gasteiger partial charge is 0.294 e. The Labute approximate surface area is 181 Å². The second-order valence-electron chi connectivity index (χ2n) is 8.01. The summed E-state index contributed by atoms with van der Waals surface area (Å²) in [4.78, 5) is 16.5. The number of rotatable bonds is 4. The summed E-state index contributed by atoms with van der Waals surface area (Å²) in [5.41, 5.74) is 6.46. The lowest BCUT2D eigenvalue weighted by atomic mass is 10.0. The van der Waals surface area contributed by atoms with Crippen molar-refractivity contribution in [3.63, 3.8) is 0 Å². The van der Waals surface area contributed by atoms with Gasteiger partial charge in [-0.2, -0.15) is 5.10 Å². The normalized spacial score (nSPS) is 16.9. The van der Waals surface area contributed by atoms with E-state index in [9.17, 15) is 0 Å². The van der Waals surface area contributed by atoms with Crippen LogP contribution in [0.25, 0.3) is 5.69 Å². The Morgan fingerprint density at radius 2 is 1.97 bits per heavy atom. The monoisotopic (exact) mass is 420 g/mol. The van der Waals surface area contributed by atoms with Gasteiger partial charge in [-0.05, 0) is 38.3 Å². The summed E-state index contributed by atoms with van der Waals surface area (Å²) in [6.45, 7) is 5.47. The minimum absolute atomic E-state index is 0.686. The van der Waals surface area contributed by atoms with Gasteiger partial charge in [-0.1, -0.05) is 29.8 Å². The molecule has 0 saturated carbocycles. The van der Waals surface area contributed by atoms with Crippen molar-refractivity contribution >= 4 is 17.3 Å². The molecule has 0 atom stereocenters. The van der Waals surface area contributed by atoms with Crippen LogP contribution in [0.1, 0.15) is 47.6 Å². The minimum Gasteiger partial charge on any atom is -0.294 e. The number of nitrogens with zero attached hydrogens (tertiary/aromatic N) is 6. The number of hydrogen-bond acceptors (Lipinski definition) is 5. The van der Waals surface area contributed by atoms with E-state index in [0.717, 1.165) is 73.2 Å². The van der Waals surface area contributed by atoms with E-state index in [1.807, 2.05) is 48.1 Å². The van der Waals surface area contributed by atoms with Crippen molar-refractivity contribution in [1.82, 2.24) is 24.6 Å². The molecule has 5 rings (SSSR count). The molecule has 0 bridgehead atoms. The maximum atomic E-state index is 6.73. The molecule has 0 unspecified atom stereocenters. The fraction of sp³-hybridized carbons (Fsp3) is 0.391. The SMILES string of the molecule is Cc1nn(-c2ccccc2)c(Cl)c1CN1CCc2nc(C3=NCCCC3)ncc2C1. The van der Waals surface area contributed by atoms with E-state index >= 15 is 0 Å². The molecule has 30 heavy (non-hydrogen) atoms. The molecule has 0 fully saturated rings. The molecular formula is C23H25ClN6. The molecule has 4 heterocycles. The third-order valence-electron chi connectivity index (χ3n) is 5.90. The van der Waals surface area contributed by atoms with Gasteiger partial charge in [0.15, 0.2) is 5.82 Å². The molecule has 2 aliphatic heterocycles. The van der Waals surface area contributed by atoms with E-state index in [0.29, 0.717) is 5.15 Å². The third kappa shape index (κ3) is 3.77. The lowest BCUT2D eigenvalue weighted by Crippen LogP contribution is -2.31. The summed E-state index contributed by atoms with van der Waals surface area (Å²) in [5.74, 6) is 0.824. The van der Waals surface area contributed by atoms with E-state index in [4.69, 9.17) is 16.6 Å². The van der Waals surface area contributed by atoms with Crippen LogP contribution in [0.2, 0.25) is 5.15 Å². The lowest BCUT2D eigenvalue weighted by molar-refractivity contribution is 0.242. The highest BCUT2D eigenvalue weighted by Crippen LogP contribution is 2.27. The van der Waals surface area contributed by atoms with Gasteiger partial charge in [0.05, 0.1) is 22.8 Å². The van der Waals surface area contributed by atoms with Gasteiger partial charge in [0.25, 0.3) is 0 Å². The molecule has 0 spiro atoms. The highest BCUT2D eigenvalue weighted by atomic mass is 35.5. The number of hydrogen-bond donors (Lipinski definition) is 0. The Morgan fingerprint density at radius 3 is 2.77 bits per heavy atom. The molecule has 2 aromatic heterocycles. The number of aryl methyl sites for hydroxylation is 1. The molecule has 0 radical (unpaired) electrons. The summed E-state index contributed by atoms with van der Waals surface area (Å²) >= 11 is 6.73. The van der Waals surface area contributed by atoms with Crippen molar-refractivity contribution in [2.75, 3.05) is 13.1 Å². The minimum atomic E-state index is 0.686. The highest BCUT2D eigenvalue weighted by molar-refractivity contribution is 6.30. The molecule has 154 valence electrons. The molecule has 3 aromatic rings. The smallest absolute Gasteiger partial charge is 0.173 e. The fourth-order valence-electron chi connectivity index (χ4n) is 4.20. The van der Waals surface area contributed by atoms with E-state index in [2.05, 4.69) is 20.0 Å². The first-order chi connectivity index (χ1) is 14.7. The molecule has 0 saturated heterocycles. The Bertz CT molecular complexity index is 1090. The predicted octanol–water partition coefficient (Wildman–Crippen LogP) is 4.16. The molecular weight excluding hydrogens is 396 g/mol. The molecule has 2 aliphatic rings. The van der Waals surface area contributed by atoms with Crippen LogP contribution in [0.15, 0.2) is 41.5 Å². The Kier molecular flexibility index (Phi) is 5.35. The van der Waals surface area contributed by atoms with Gasteiger partial charge in [-0.3, -0.25) is 9.89 Å². The number of fused-ring (bicyclic) bond motifs is 1. The topological polar surface area (TPSA) is 59.2 Å². The molecule has 7 heteroatoms. The van der Waals surface area contributed by atoms with Crippen LogP contribution in [0.4, 0.5) is 0 Å². The van der Waals surface area contributed by atoms with Crippen molar-refractivity contribution in [2.45, 2.75) is 45.7 Å². The summed E-state index contributed by atoms with van der Waals surface area (Å²) in [7, 11) is 0. The van der Waals surface area contributed by atoms with Gasteiger partial charge >= 0.3 is 0 Å². The van der Waals surface area contributed by atoms with Crippen molar-refractivity contribution in [1.29, 1.82) is 0 Å². The number of benzene rings is 1. The van der Waals surface area contributed by atoms with Gasteiger partial charge in [0.1, 0.15) is 5.15 Å². The van der Waals surface area contributed by atoms with Gasteiger partial charge in [0, 0.05) is 49.9 Å². The van der Waals surface area contributed by atoms with E-state index in [1.54, 1.807) is 0 Å². The zero-order valence-electron chi connectivity index (χ0n) is 17.2. The summed E-state index contributed by atoms with van der Waals surface area (Å²) in [6, 6.07) is 10.0. The molecule has 6 nitrogen and oxygen atoms in total. The second-order valence-corrected chi connectivity index (χ2v) is 8.37. The number of para-hydroxylation sites is 1. The van der Waals surface area contributed by atoms with E-state index in [-0.39, 0.29) is 0 Å². The Balaban J connectivity index is 1.34. The van der Waals surface area contributed by atoms with Crippen molar-refractivity contribution in [3.05, 3.63) is 70.0 Å². The summed E-state index contributed by atoms with van der Waals surface area (Å²) < 4.78 is 1.82. The molecule has 1 aromatic carbocycles. The molecule has 0 N–H and O–H groups in total. The van der Waals surface area contributed by atoms with Gasteiger partial charge < -0.3 is 0 Å². The molecule has 0 amide bonds. The summed E-state index contributed by atoms with van der Waals surface area (Å²) in [6.07, 6.45) is 6.26. The quantitative estimate of drug-likeness (QED) is 0.636. The summed E-state index contributed by atoms with van der Waals surface area (Å²) in [5, 5.41) is 5.36. The zero-order valence-corrected chi connectivity index (χ0v) is 17.9. The predicted molar refractivity (Wildman–Crippen MR) is 118 cm³/mol. The van der Waals surface area contributed by atoms with Crippen LogP contribution in [-0.2, 0) is 19.5 Å². The second kappa shape index (κ2) is 8.28. The average Bonchev–Trinajstić information content (AvgIpc) is 3.08. The van der Waals surface area contributed by atoms with Gasteiger partial charge in [-0.15, -0.1) is 0 Å². The number of halogens is 1. The van der Waals surface area contributed by atoms with Crippen LogP contribution in [0.5, 0.6) is 0 Å². The number of aliphatic imine (C=N–C) groups is 1. The number of aromatic nitrogens is 4. The maximum absolute atomic E-state index is 6.73. The lowest BCUT2D eigenvalue weighted by Gasteiger charge is -2.28. The first kappa shape index (κ1) is 19.4. The first-order valence-electron chi connectivity index (χ1n) is 10.6. The third-order valence-corrected chi connectivity index (χ3v) is 6.29. The van der Waals surface area contributed by atoms with Crippen LogP contribution >= 0.6 is 11.6 Å².